The molecule has 4 aromatic rings. The molecule has 4 aromatic carbocycles. The molecular formula is C27H24N4O4. The fraction of sp³-hybridized carbons (Fsp3) is 0.111. The van der Waals surface area contributed by atoms with Crippen molar-refractivity contribution in [1.29, 1.82) is 0 Å². The maximum atomic E-state index is 13.1. The molecule has 0 aliphatic heterocycles. The van der Waals surface area contributed by atoms with E-state index >= 15 is 0 Å². The normalized spacial score (nSPS) is 10.9. The number of aryl methyl sites for hydroxylation is 1. The summed E-state index contributed by atoms with van der Waals surface area (Å²) in [6.07, 6.45) is 0. The third kappa shape index (κ3) is 4.81. The molecule has 0 atom stereocenters. The molecule has 4 rings (SSSR count). The molecule has 8 heteroatoms. The number of hydrogen-bond donors (Lipinski definition) is 3. The number of aromatic hydroxyl groups is 1. The summed E-state index contributed by atoms with van der Waals surface area (Å²) in [5, 5.41) is 26.4. The Labute approximate surface area is 202 Å². The van der Waals surface area contributed by atoms with Gasteiger partial charge in [0.05, 0.1) is 12.7 Å². The number of nitrogens with zero attached hydrogens (tertiary/aromatic N) is 2. The van der Waals surface area contributed by atoms with Gasteiger partial charge in [-0.05, 0) is 48.2 Å². The smallest absolute Gasteiger partial charge is 0.259 e. The lowest BCUT2D eigenvalue weighted by Crippen LogP contribution is -2.17. The summed E-state index contributed by atoms with van der Waals surface area (Å²) < 4.78 is 5.37. The van der Waals surface area contributed by atoms with E-state index in [4.69, 9.17) is 4.74 Å². The van der Waals surface area contributed by atoms with E-state index in [2.05, 4.69) is 20.9 Å². The highest BCUT2D eigenvalue weighted by molar-refractivity contribution is 6.12. The number of carbonyl (C=O) groups excluding carboxylic acids is 2. The molecule has 0 saturated heterocycles. The molecular weight excluding hydrogens is 444 g/mol. The predicted molar refractivity (Wildman–Crippen MR) is 135 cm³/mol. The van der Waals surface area contributed by atoms with Gasteiger partial charge in [-0.2, -0.15) is 0 Å². The first-order valence-electron chi connectivity index (χ1n) is 10.9. The number of ether oxygens (including phenoxy) is 1. The number of amides is 2. The molecule has 0 fully saturated rings. The minimum absolute atomic E-state index is 0.0721. The van der Waals surface area contributed by atoms with Crippen LogP contribution in [0.3, 0.4) is 0 Å². The van der Waals surface area contributed by atoms with Crippen molar-refractivity contribution in [3.8, 4) is 11.5 Å². The Morgan fingerprint density at radius 2 is 1.66 bits per heavy atom. The Kier molecular flexibility index (Phi) is 6.73. The number of phenolic OH excluding ortho intramolecular Hbond substituents is 1. The van der Waals surface area contributed by atoms with Gasteiger partial charge in [0.25, 0.3) is 11.8 Å². The van der Waals surface area contributed by atoms with Crippen LogP contribution in [0.15, 0.2) is 83.0 Å². The van der Waals surface area contributed by atoms with Crippen molar-refractivity contribution in [2.75, 3.05) is 19.5 Å². The first-order valence-corrected chi connectivity index (χ1v) is 10.9. The van der Waals surface area contributed by atoms with Crippen LogP contribution in [0.5, 0.6) is 11.5 Å². The summed E-state index contributed by atoms with van der Waals surface area (Å²) >= 11 is 0. The third-order valence-corrected chi connectivity index (χ3v) is 5.56. The number of azo groups is 1. The molecule has 3 N–H and O–H groups in total. The van der Waals surface area contributed by atoms with Crippen LogP contribution < -0.4 is 15.4 Å². The number of hydrogen-bond acceptors (Lipinski definition) is 6. The lowest BCUT2D eigenvalue weighted by Gasteiger charge is -2.12. The number of anilines is 1. The lowest BCUT2D eigenvalue weighted by molar-refractivity contribution is 0.0961. The van der Waals surface area contributed by atoms with Crippen molar-refractivity contribution in [2.45, 2.75) is 6.92 Å². The summed E-state index contributed by atoms with van der Waals surface area (Å²) in [5.74, 6) is -0.680. The lowest BCUT2D eigenvalue weighted by atomic mass is 10.0. The molecule has 2 amide bonds. The van der Waals surface area contributed by atoms with Gasteiger partial charge in [0.1, 0.15) is 17.1 Å². The fourth-order valence-corrected chi connectivity index (χ4v) is 3.64. The Morgan fingerprint density at radius 1 is 0.914 bits per heavy atom. The predicted octanol–water partition coefficient (Wildman–Crippen LogP) is 5.89. The van der Waals surface area contributed by atoms with Crippen LogP contribution in [0, 0.1) is 6.92 Å². The second kappa shape index (κ2) is 10.0. The van der Waals surface area contributed by atoms with E-state index in [0.29, 0.717) is 28.1 Å². The largest absolute Gasteiger partial charge is 0.505 e. The second-order valence-corrected chi connectivity index (χ2v) is 7.78. The van der Waals surface area contributed by atoms with Crippen LogP contribution in [0.25, 0.3) is 10.8 Å². The molecule has 0 heterocycles. The summed E-state index contributed by atoms with van der Waals surface area (Å²) in [4.78, 5) is 25.0. The van der Waals surface area contributed by atoms with Gasteiger partial charge in [-0.25, -0.2) is 0 Å². The highest BCUT2D eigenvalue weighted by atomic mass is 16.5. The number of benzene rings is 4. The molecule has 0 saturated carbocycles. The number of nitrogens with one attached hydrogen (secondary N) is 2. The molecule has 0 spiro atoms. The molecule has 0 aliphatic carbocycles. The monoisotopic (exact) mass is 468 g/mol. The maximum absolute atomic E-state index is 13.1. The van der Waals surface area contributed by atoms with Gasteiger partial charge in [-0.1, -0.05) is 42.5 Å². The van der Waals surface area contributed by atoms with Crippen molar-refractivity contribution >= 4 is 39.6 Å². The van der Waals surface area contributed by atoms with Gasteiger partial charge in [-0.3, -0.25) is 9.59 Å². The fourth-order valence-electron chi connectivity index (χ4n) is 3.64. The van der Waals surface area contributed by atoms with Crippen molar-refractivity contribution in [3.63, 3.8) is 0 Å². The molecule has 0 radical (unpaired) electrons. The molecule has 0 aromatic heterocycles. The van der Waals surface area contributed by atoms with E-state index < -0.39 is 5.91 Å². The molecule has 8 nitrogen and oxygen atoms in total. The van der Waals surface area contributed by atoms with Crippen LogP contribution in [-0.2, 0) is 0 Å². The summed E-state index contributed by atoms with van der Waals surface area (Å²) in [6.45, 7) is 1.89. The number of fused-ring (bicyclic) bond motifs is 1. The van der Waals surface area contributed by atoms with Crippen LogP contribution in [0.1, 0.15) is 26.3 Å². The van der Waals surface area contributed by atoms with Gasteiger partial charge in [-0.15, -0.1) is 10.2 Å². The zero-order valence-corrected chi connectivity index (χ0v) is 19.5. The van der Waals surface area contributed by atoms with Crippen LogP contribution in [-0.4, -0.2) is 31.1 Å². The van der Waals surface area contributed by atoms with E-state index in [1.165, 1.54) is 7.11 Å². The molecule has 176 valence electrons. The first-order chi connectivity index (χ1) is 16.9. The number of rotatable bonds is 6. The zero-order chi connectivity index (χ0) is 24.9. The minimum Gasteiger partial charge on any atom is -0.505 e. The maximum Gasteiger partial charge on any atom is 0.259 e. The second-order valence-electron chi connectivity index (χ2n) is 7.78. The molecule has 0 bridgehead atoms. The van der Waals surface area contributed by atoms with Crippen molar-refractivity contribution in [1.82, 2.24) is 5.32 Å². The van der Waals surface area contributed by atoms with E-state index in [1.54, 1.807) is 43.4 Å². The topological polar surface area (TPSA) is 112 Å². The highest BCUT2D eigenvalue weighted by Crippen LogP contribution is 2.40. The average Bonchev–Trinajstić information content (AvgIpc) is 2.88. The van der Waals surface area contributed by atoms with E-state index in [-0.39, 0.29) is 22.9 Å². The number of phenols is 1. The van der Waals surface area contributed by atoms with Gasteiger partial charge >= 0.3 is 0 Å². The van der Waals surface area contributed by atoms with Gasteiger partial charge < -0.3 is 20.5 Å². The van der Waals surface area contributed by atoms with Crippen LogP contribution >= 0.6 is 0 Å². The number of carbonyl (C=O) groups is 2. The SMILES string of the molecule is CNC(=O)c1ccc(/N=N/c2c(O)c(C(=O)Nc3ccccc3C)cc3ccccc23)c(OC)c1. The Hall–Kier alpha value is -4.72. The number of methoxy groups -OCH3 is 1. The Morgan fingerprint density at radius 3 is 2.40 bits per heavy atom. The van der Waals surface area contributed by atoms with Gasteiger partial charge in [0.15, 0.2) is 5.75 Å². The van der Waals surface area contributed by atoms with Crippen LogP contribution in [0.4, 0.5) is 17.1 Å². The summed E-state index contributed by atoms with van der Waals surface area (Å²) in [5.41, 5.74) is 2.53. The third-order valence-electron chi connectivity index (χ3n) is 5.56. The quantitative estimate of drug-likeness (QED) is 0.306. The Bertz CT molecular complexity index is 1460. The molecule has 35 heavy (non-hydrogen) atoms. The summed E-state index contributed by atoms with van der Waals surface area (Å²) in [7, 11) is 3.00. The van der Waals surface area contributed by atoms with E-state index in [9.17, 15) is 14.7 Å². The first kappa shape index (κ1) is 23.4. The van der Waals surface area contributed by atoms with Gasteiger partial charge in [0, 0.05) is 23.7 Å². The van der Waals surface area contributed by atoms with Gasteiger partial charge in [0.2, 0.25) is 0 Å². The van der Waals surface area contributed by atoms with Crippen molar-refractivity contribution in [2.24, 2.45) is 10.2 Å². The number of para-hydroxylation sites is 1. The average molecular weight is 469 g/mol. The zero-order valence-electron chi connectivity index (χ0n) is 19.5. The van der Waals surface area contributed by atoms with Crippen molar-refractivity contribution < 1.29 is 19.4 Å². The Balaban J connectivity index is 1.77. The standard InChI is InChI=1S/C27H24N4O4/c1-16-8-4-7-11-21(16)29-27(34)20-14-17-9-5-6-10-19(17)24(25(20)32)31-30-22-13-12-18(26(33)28-2)15-23(22)35-3/h4-15,32H,1-3H3,(H,28,33)(H,29,34)/b31-30+. The highest BCUT2D eigenvalue weighted by Gasteiger charge is 2.19. The molecule has 0 unspecified atom stereocenters. The minimum atomic E-state index is -0.466. The van der Waals surface area contributed by atoms with E-state index in [1.807, 2.05) is 43.3 Å². The van der Waals surface area contributed by atoms with Crippen LogP contribution in [0.2, 0.25) is 0 Å². The van der Waals surface area contributed by atoms with Crippen molar-refractivity contribution in [3.05, 3.63) is 89.5 Å². The summed E-state index contributed by atoms with van der Waals surface area (Å²) in [6, 6.07) is 21.0. The van der Waals surface area contributed by atoms with E-state index in [0.717, 1.165) is 10.9 Å². The molecule has 0 aliphatic rings.